The van der Waals surface area contributed by atoms with Crippen LogP contribution in [0.5, 0.6) is 11.5 Å². The van der Waals surface area contributed by atoms with Crippen molar-refractivity contribution < 1.29 is 9.47 Å². The first-order valence-electron chi connectivity index (χ1n) is 7.72. The Morgan fingerprint density at radius 1 is 0.667 bits per heavy atom. The van der Waals surface area contributed by atoms with Crippen LogP contribution >= 0.6 is 0 Å². The van der Waals surface area contributed by atoms with E-state index in [1.807, 2.05) is 66.7 Å². The molecule has 118 valence electrons. The first kappa shape index (κ1) is 15.6. The first-order valence-corrected chi connectivity index (χ1v) is 7.72. The van der Waals surface area contributed by atoms with E-state index in [2.05, 4.69) is 6.07 Å². The second-order valence-electron chi connectivity index (χ2n) is 5.35. The Hall–Kier alpha value is -3.25. The molecule has 3 rings (SSSR count). The standard InChI is InChI=1S/C21H17NO2/c22-14-19-7-4-8-21(13-19)24-16-18-9-11-20(12-10-18)23-15-17-5-2-1-3-6-17/h1-13H,15-16H2. The van der Waals surface area contributed by atoms with Gasteiger partial charge in [-0.1, -0.05) is 48.5 Å². The summed E-state index contributed by atoms with van der Waals surface area (Å²) in [5, 5.41) is 8.89. The smallest absolute Gasteiger partial charge is 0.121 e. The van der Waals surface area contributed by atoms with Crippen LogP contribution in [-0.4, -0.2) is 0 Å². The van der Waals surface area contributed by atoms with Gasteiger partial charge in [0.05, 0.1) is 11.6 Å². The summed E-state index contributed by atoms with van der Waals surface area (Å²) in [7, 11) is 0. The topological polar surface area (TPSA) is 42.2 Å². The molecule has 3 aromatic rings. The lowest BCUT2D eigenvalue weighted by Crippen LogP contribution is -1.97. The van der Waals surface area contributed by atoms with E-state index >= 15 is 0 Å². The Kier molecular flexibility index (Phi) is 5.11. The van der Waals surface area contributed by atoms with Crippen molar-refractivity contribution in [2.24, 2.45) is 0 Å². The van der Waals surface area contributed by atoms with Crippen LogP contribution in [-0.2, 0) is 13.2 Å². The van der Waals surface area contributed by atoms with Gasteiger partial charge < -0.3 is 9.47 Å². The first-order chi connectivity index (χ1) is 11.8. The zero-order valence-electron chi connectivity index (χ0n) is 13.2. The van der Waals surface area contributed by atoms with Gasteiger partial charge in [-0.05, 0) is 41.5 Å². The largest absolute Gasteiger partial charge is 0.489 e. The van der Waals surface area contributed by atoms with Gasteiger partial charge in [0.25, 0.3) is 0 Å². The zero-order valence-corrected chi connectivity index (χ0v) is 13.2. The molecule has 0 aliphatic carbocycles. The normalized spacial score (nSPS) is 9.96. The second kappa shape index (κ2) is 7.85. The SMILES string of the molecule is N#Cc1cccc(OCc2ccc(OCc3ccccc3)cc2)c1. The Morgan fingerprint density at radius 3 is 2.04 bits per heavy atom. The van der Waals surface area contributed by atoms with Crippen molar-refractivity contribution >= 4 is 0 Å². The Balaban J connectivity index is 1.53. The fourth-order valence-electron chi connectivity index (χ4n) is 2.24. The molecule has 0 spiro atoms. The summed E-state index contributed by atoms with van der Waals surface area (Å²) < 4.78 is 11.5. The molecule has 0 radical (unpaired) electrons. The van der Waals surface area contributed by atoms with Crippen LogP contribution in [0.1, 0.15) is 16.7 Å². The summed E-state index contributed by atoms with van der Waals surface area (Å²) in [4.78, 5) is 0. The number of nitrogens with zero attached hydrogens (tertiary/aromatic N) is 1. The maximum Gasteiger partial charge on any atom is 0.121 e. The van der Waals surface area contributed by atoms with E-state index in [-0.39, 0.29) is 0 Å². The summed E-state index contributed by atoms with van der Waals surface area (Å²) >= 11 is 0. The van der Waals surface area contributed by atoms with Gasteiger partial charge in [-0.3, -0.25) is 0 Å². The van der Waals surface area contributed by atoms with Gasteiger partial charge in [0.1, 0.15) is 24.7 Å². The summed E-state index contributed by atoms with van der Waals surface area (Å²) in [6.45, 7) is 1.01. The van der Waals surface area contributed by atoms with Gasteiger partial charge in [-0.15, -0.1) is 0 Å². The highest BCUT2D eigenvalue weighted by Gasteiger charge is 2.00. The summed E-state index contributed by atoms with van der Waals surface area (Å²) in [6, 6.07) is 27.2. The van der Waals surface area contributed by atoms with Crippen molar-refractivity contribution in [1.29, 1.82) is 5.26 Å². The summed E-state index contributed by atoms with van der Waals surface area (Å²) in [5.74, 6) is 1.52. The lowest BCUT2D eigenvalue weighted by Gasteiger charge is -2.09. The highest BCUT2D eigenvalue weighted by atomic mass is 16.5. The molecule has 0 atom stereocenters. The quantitative estimate of drug-likeness (QED) is 0.661. The molecule has 0 amide bonds. The van der Waals surface area contributed by atoms with Gasteiger partial charge in [0.15, 0.2) is 0 Å². The molecule has 0 heterocycles. The average Bonchev–Trinajstić information content (AvgIpc) is 2.66. The lowest BCUT2D eigenvalue weighted by molar-refractivity contribution is 0.301. The predicted octanol–water partition coefficient (Wildman–Crippen LogP) is 4.72. The maximum atomic E-state index is 8.89. The molecule has 0 bridgehead atoms. The van der Waals surface area contributed by atoms with Crippen molar-refractivity contribution in [3.63, 3.8) is 0 Å². The van der Waals surface area contributed by atoms with Gasteiger partial charge in [-0.25, -0.2) is 0 Å². The molecule has 0 aliphatic rings. The van der Waals surface area contributed by atoms with Gasteiger partial charge in [0, 0.05) is 0 Å². The third-order valence-corrected chi connectivity index (χ3v) is 3.54. The predicted molar refractivity (Wildman–Crippen MR) is 92.7 cm³/mol. The third-order valence-electron chi connectivity index (χ3n) is 3.54. The van der Waals surface area contributed by atoms with Crippen LogP contribution in [0.25, 0.3) is 0 Å². The third kappa shape index (κ3) is 4.37. The Bertz CT molecular complexity index is 820. The van der Waals surface area contributed by atoms with Crippen molar-refractivity contribution in [3.05, 3.63) is 95.6 Å². The van der Waals surface area contributed by atoms with Crippen LogP contribution in [0.3, 0.4) is 0 Å². The molecular formula is C21H17NO2. The molecule has 0 aliphatic heterocycles. The molecule has 3 heteroatoms. The molecule has 0 saturated heterocycles. The average molecular weight is 315 g/mol. The minimum Gasteiger partial charge on any atom is -0.489 e. The number of benzene rings is 3. The van der Waals surface area contributed by atoms with Crippen LogP contribution in [0, 0.1) is 11.3 Å². The van der Waals surface area contributed by atoms with Gasteiger partial charge in [0.2, 0.25) is 0 Å². The maximum absolute atomic E-state index is 8.89. The number of ether oxygens (including phenoxy) is 2. The Morgan fingerprint density at radius 2 is 1.33 bits per heavy atom. The van der Waals surface area contributed by atoms with Crippen molar-refractivity contribution in [1.82, 2.24) is 0 Å². The molecular weight excluding hydrogens is 298 g/mol. The minimum absolute atomic E-state index is 0.452. The molecule has 0 saturated carbocycles. The summed E-state index contributed by atoms with van der Waals surface area (Å²) in [6.07, 6.45) is 0. The molecule has 0 fully saturated rings. The molecule has 0 N–H and O–H groups in total. The minimum atomic E-state index is 0.452. The fraction of sp³-hybridized carbons (Fsp3) is 0.0952. The second-order valence-corrected chi connectivity index (χ2v) is 5.35. The van der Waals surface area contributed by atoms with E-state index in [0.29, 0.717) is 24.5 Å². The fourth-order valence-corrected chi connectivity index (χ4v) is 2.24. The molecule has 3 nitrogen and oxygen atoms in total. The number of rotatable bonds is 6. The molecule has 3 aromatic carbocycles. The summed E-state index contributed by atoms with van der Waals surface area (Å²) in [5.41, 5.74) is 2.78. The molecule has 0 aromatic heterocycles. The lowest BCUT2D eigenvalue weighted by atomic mass is 10.2. The van der Waals surface area contributed by atoms with Crippen molar-refractivity contribution in [3.8, 4) is 17.6 Å². The van der Waals surface area contributed by atoms with E-state index in [0.717, 1.165) is 16.9 Å². The van der Waals surface area contributed by atoms with Crippen LogP contribution in [0.15, 0.2) is 78.9 Å². The van der Waals surface area contributed by atoms with Crippen molar-refractivity contribution in [2.45, 2.75) is 13.2 Å². The highest BCUT2D eigenvalue weighted by molar-refractivity contribution is 5.36. The van der Waals surface area contributed by atoms with Crippen LogP contribution in [0.2, 0.25) is 0 Å². The van der Waals surface area contributed by atoms with Crippen molar-refractivity contribution in [2.75, 3.05) is 0 Å². The molecule has 24 heavy (non-hydrogen) atoms. The van der Waals surface area contributed by atoms with Gasteiger partial charge >= 0.3 is 0 Å². The zero-order chi connectivity index (χ0) is 16.6. The van der Waals surface area contributed by atoms with Crippen LogP contribution in [0.4, 0.5) is 0 Å². The van der Waals surface area contributed by atoms with E-state index in [1.54, 1.807) is 12.1 Å². The number of hydrogen-bond donors (Lipinski definition) is 0. The van der Waals surface area contributed by atoms with E-state index in [4.69, 9.17) is 14.7 Å². The van der Waals surface area contributed by atoms with Crippen LogP contribution < -0.4 is 9.47 Å². The number of nitriles is 1. The molecule has 0 unspecified atom stereocenters. The van der Waals surface area contributed by atoms with E-state index in [9.17, 15) is 0 Å². The number of hydrogen-bond acceptors (Lipinski definition) is 3. The van der Waals surface area contributed by atoms with Gasteiger partial charge in [-0.2, -0.15) is 5.26 Å². The Labute approximate surface area is 141 Å². The monoisotopic (exact) mass is 315 g/mol. The van der Waals surface area contributed by atoms with E-state index < -0.39 is 0 Å². The highest BCUT2D eigenvalue weighted by Crippen LogP contribution is 2.17. The van der Waals surface area contributed by atoms with E-state index in [1.165, 1.54) is 0 Å².